The van der Waals surface area contributed by atoms with Gasteiger partial charge in [0.15, 0.2) is 5.78 Å². The van der Waals surface area contributed by atoms with Gasteiger partial charge in [0, 0.05) is 16.2 Å². The monoisotopic (exact) mass is 349 g/mol. The number of fused-ring (bicyclic) bond motifs is 1. The Balaban J connectivity index is 1.80. The summed E-state index contributed by atoms with van der Waals surface area (Å²) in [6.45, 7) is 0. The predicted octanol–water partition coefficient (Wildman–Crippen LogP) is 4.84. The third-order valence-electron chi connectivity index (χ3n) is 3.92. The number of oxazole rings is 1. The van der Waals surface area contributed by atoms with Crippen LogP contribution in [0.15, 0.2) is 59.0 Å². The maximum absolute atomic E-state index is 12.3. The summed E-state index contributed by atoms with van der Waals surface area (Å²) in [6, 6.07) is 14.5. The van der Waals surface area contributed by atoms with Crippen molar-refractivity contribution in [1.82, 2.24) is 4.98 Å². The van der Waals surface area contributed by atoms with Gasteiger partial charge in [0.1, 0.15) is 5.69 Å². The summed E-state index contributed by atoms with van der Waals surface area (Å²) in [6.07, 6.45) is 4.82. The number of carbonyl (C=O) groups excluding carboxylic acids is 1. The Hall–Kier alpha value is -3.11. The zero-order valence-electron chi connectivity index (χ0n) is 12.9. The average Bonchev–Trinajstić information content (AvgIpc) is 2.98. The number of nitrogens with zero attached hydrogens (tertiary/aromatic N) is 1. The van der Waals surface area contributed by atoms with E-state index < -0.39 is 0 Å². The van der Waals surface area contributed by atoms with Gasteiger partial charge < -0.3 is 9.52 Å². The maximum Gasteiger partial charge on any atom is 0.310 e. The Morgan fingerprint density at radius 1 is 1.08 bits per heavy atom. The molecule has 1 aliphatic carbocycles. The van der Waals surface area contributed by atoms with Crippen LogP contribution in [0, 0.1) is 0 Å². The molecule has 1 aliphatic rings. The molecule has 0 bridgehead atoms. The fraction of sp³-hybridized carbons (Fsp3) is 0. The molecule has 0 spiro atoms. The second-order valence-electron chi connectivity index (χ2n) is 5.56. The molecule has 1 heterocycles. The van der Waals surface area contributed by atoms with Crippen LogP contribution < -0.4 is 0 Å². The summed E-state index contributed by atoms with van der Waals surface area (Å²) in [5.74, 6) is -0.258. The molecular weight excluding hydrogens is 338 g/mol. The zero-order valence-corrected chi connectivity index (χ0v) is 13.7. The largest absolute Gasteiger partial charge is 0.479 e. The lowest BCUT2D eigenvalue weighted by Gasteiger charge is -2.12. The highest BCUT2D eigenvalue weighted by atomic mass is 35.5. The topological polar surface area (TPSA) is 63.3 Å². The molecule has 0 amide bonds. The Bertz CT molecular complexity index is 1050. The number of aromatic nitrogens is 1. The third kappa shape index (κ3) is 2.88. The minimum absolute atomic E-state index is 0.148. The average molecular weight is 350 g/mol. The van der Waals surface area contributed by atoms with E-state index in [4.69, 9.17) is 16.0 Å². The molecule has 0 aliphatic heterocycles. The van der Waals surface area contributed by atoms with Crippen molar-refractivity contribution in [3.63, 3.8) is 0 Å². The van der Waals surface area contributed by atoms with Gasteiger partial charge in [-0.3, -0.25) is 4.79 Å². The van der Waals surface area contributed by atoms with Crippen LogP contribution in [0.2, 0.25) is 5.02 Å². The molecule has 0 saturated heterocycles. The highest BCUT2D eigenvalue weighted by molar-refractivity contribution is 6.33. The molecule has 1 N–H and O–H groups in total. The Morgan fingerprint density at radius 3 is 2.76 bits per heavy atom. The molecule has 4 rings (SSSR count). The normalized spacial score (nSPS) is 14.8. The molecule has 2 aromatic carbocycles. The van der Waals surface area contributed by atoms with E-state index >= 15 is 0 Å². The van der Waals surface area contributed by atoms with Crippen molar-refractivity contribution >= 4 is 35.1 Å². The van der Waals surface area contributed by atoms with E-state index in [0.29, 0.717) is 16.2 Å². The summed E-state index contributed by atoms with van der Waals surface area (Å²) in [7, 11) is 0. The lowest BCUT2D eigenvalue weighted by molar-refractivity contribution is -0.109. The van der Waals surface area contributed by atoms with E-state index in [9.17, 15) is 9.90 Å². The molecule has 0 radical (unpaired) electrons. The van der Waals surface area contributed by atoms with Crippen LogP contribution in [0.1, 0.15) is 16.8 Å². The van der Waals surface area contributed by atoms with E-state index in [1.165, 1.54) is 12.2 Å². The first-order chi connectivity index (χ1) is 12.1. The second kappa shape index (κ2) is 6.07. The first kappa shape index (κ1) is 15.4. The van der Waals surface area contributed by atoms with Crippen LogP contribution >= 0.6 is 11.6 Å². The van der Waals surface area contributed by atoms with Crippen LogP contribution in [0.25, 0.3) is 29.2 Å². The van der Waals surface area contributed by atoms with Gasteiger partial charge in [0.25, 0.3) is 0 Å². The van der Waals surface area contributed by atoms with Crippen LogP contribution in [-0.4, -0.2) is 15.9 Å². The van der Waals surface area contributed by atoms with Crippen LogP contribution in [0.3, 0.4) is 0 Å². The molecule has 0 unspecified atom stereocenters. The molecule has 0 fully saturated rings. The summed E-state index contributed by atoms with van der Waals surface area (Å²) < 4.78 is 5.33. The van der Waals surface area contributed by atoms with Gasteiger partial charge in [-0.15, -0.1) is 0 Å². The van der Waals surface area contributed by atoms with Crippen molar-refractivity contribution in [1.29, 1.82) is 0 Å². The zero-order chi connectivity index (χ0) is 17.4. The molecular formula is C20H12ClNO3. The van der Waals surface area contributed by atoms with Crippen molar-refractivity contribution in [2.24, 2.45) is 0 Å². The number of rotatable bonds is 2. The van der Waals surface area contributed by atoms with E-state index in [0.717, 1.165) is 11.1 Å². The highest BCUT2D eigenvalue weighted by Crippen LogP contribution is 2.33. The van der Waals surface area contributed by atoms with Crippen molar-refractivity contribution < 1.29 is 14.3 Å². The minimum Gasteiger partial charge on any atom is -0.479 e. The summed E-state index contributed by atoms with van der Waals surface area (Å²) in [4.78, 5) is 16.6. The van der Waals surface area contributed by atoms with E-state index in [1.807, 2.05) is 24.3 Å². The molecule has 3 aromatic rings. The van der Waals surface area contributed by atoms with Crippen LogP contribution in [-0.2, 0) is 4.79 Å². The number of hydrogen-bond donors (Lipinski definition) is 1. The highest BCUT2D eigenvalue weighted by Gasteiger charge is 2.20. The number of carbonyl (C=O) groups is 1. The number of hydrogen-bond acceptors (Lipinski definition) is 4. The summed E-state index contributed by atoms with van der Waals surface area (Å²) in [5.41, 5.74) is 3.03. The smallest absolute Gasteiger partial charge is 0.310 e. The van der Waals surface area contributed by atoms with Crippen LogP contribution in [0.4, 0.5) is 0 Å². The predicted molar refractivity (Wildman–Crippen MR) is 97.0 cm³/mol. The Kier molecular flexibility index (Phi) is 3.75. The number of allylic oxidation sites excluding steroid dienone is 2. The molecule has 1 aromatic heterocycles. The molecule has 5 heteroatoms. The lowest BCUT2D eigenvalue weighted by Crippen LogP contribution is -2.04. The van der Waals surface area contributed by atoms with Gasteiger partial charge in [-0.05, 0) is 41.5 Å². The molecule has 122 valence electrons. The van der Waals surface area contributed by atoms with Crippen molar-refractivity contribution in [3.05, 3.63) is 76.5 Å². The summed E-state index contributed by atoms with van der Waals surface area (Å²) in [5, 5.41) is 10.6. The third-order valence-corrected chi connectivity index (χ3v) is 4.15. The van der Waals surface area contributed by atoms with E-state index in [2.05, 4.69) is 4.98 Å². The van der Waals surface area contributed by atoms with Crippen molar-refractivity contribution in [2.75, 3.05) is 0 Å². The molecule has 25 heavy (non-hydrogen) atoms. The van der Waals surface area contributed by atoms with Crippen molar-refractivity contribution in [2.45, 2.75) is 0 Å². The SMILES string of the molecule is O=C1C=Cc2ccccc2/C1=C\c1nc(-c2cccc(Cl)c2)oc1O. The molecule has 4 nitrogen and oxygen atoms in total. The quantitative estimate of drug-likeness (QED) is 0.672. The van der Waals surface area contributed by atoms with Gasteiger partial charge >= 0.3 is 5.95 Å². The number of benzene rings is 2. The molecule has 0 atom stereocenters. The first-order valence-electron chi connectivity index (χ1n) is 7.61. The van der Waals surface area contributed by atoms with Gasteiger partial charge in [0.05, 0.1) is 0 Å². The fourth-order valence-electron chi connectivity index (χ4n) is 2.72. The van der Waals surface area contributed by atoms with E-state index in [1.54, 1.807) is 30.3 Å². The van der Waals surface area contributed by atoms with Gasteiger partial charge in [-0.1, -0.05) is 48.0 Å². The van der Waals surface area contributed by atoms with Gasteiger partial charge in [-0.2, -0.15) is 0 Å². The van der Waals surface area contributed by atoms with Gasteiger partial charge in [0.2, 0.25) is 5.89 Å². The number of aromatic hydroxyl groups is 1. The minimum atomic E-state index is -0.345. The summed E-state index contributed by atoms with van der Waals surface area (Å²) >= 11 is 5.98. The maximum atomic E-state index is 12.3. The fourth-order valence-corrected chi connectivity index (χ4v) is 2.91. The number of ketones is 1. The van der Waals surface area contributed by atoms with Crippen LogP contribution in [0.5, 0.6) is 5.95 Å². The standard InChI is InChI=1S/C20H12ClNO3/c21-14-6-3-5-13(10-14)19-22-17(20(24)25-19)11-16-15-7-2-1-4-12(15)8-9-18(16)23/h1-11,24H/b16-11+. The van der Waals surface area contributed by atoms with Crippen molar-refractivity contribution in [3.8, 4) is 17.4 Å². The molecule has 0 saturated carbocycles. The Labute approximate surface area is 148 Å². The number of halogens is 1. The van der Waals surface area contributed by atoms with Gasteiger partial charge in [-0.25, -0.2) is 4.98 Å². The lowest BCUT2D eigenvalue weighted by atomic mass is 9.91. The first-order valence-corrected chi connectivity index (χ1v) is 7.99. The Morgan fingerprint density at radius 2 is 1.92 bits per heavy atom. The second-order valence-corrected chi connectivity index (χ2v) is 6.00. The van der Waals surface area contributed by atoms with E-state index in [-0.39, 0.29) is 23.3 Å².